The summed E-state index contributed by atoms with van der Waals surface area (Å²) < 4.78 is 68.9. The maximum Gasteiger partial charge on any atom is 0.472 e. The number of rotatable bonds is 82. The van der Waals surface area contributed by atoms with E-state index in [4.69, 9.17) is 37.0 Å². The van der Waals surface area contributed by atoms with Crippen molar-refractivity contribution in [3.8, 4) is 0 Å². The molecule has 0 aromatic rings. The van der Waals surface area contributed by atoms with Crippen molar-refractivity contribution >= 4 is 39.5 Å². The van der Waals surface area contributed by atoms with Gasteiger partial charge in [-0.2, -0.15) is 0 Å². The number of hydrogen-bond donors (Lipinski definition) is 3. The second-order valence-corrected chi connectivity index (χ2v) is 32.0. The maximum absolute atomic E-state index is 13.2. The first-order valence-electron chi connectivity index (χ1n) is 44.1. The highest BCUT2D eigenvalue weighted by atomic mass is 31.2. The largest absolute Gasteiger partial charge is 0.472 e. The summed E-state index contributed by atoms with van der Waals surface area (Å²) >= 11 is 0. The molecule has 0 fully saturated rings. The summed E-state index contributed by atoms with van der Waals surface area (Å²) in [6.07, 6.45) is 97.9. The average molecular weight is 1610 g/mol. The topological polar surface area (TPSA) is 237 Å². The Morgan fingerprint density at radius 2 is 0.464 bits per heavy atom. The van der Waals surface area contributed by atoms with Crippen LogP contribution in [0.5, 0.6) is 0 Å². The number of allylic oxidation sites excluding steroid dienone is 24. The molecule has 0 saturated carbocycles. The van der Waals surface area contributed by atoms with Gasteiger partial charge in [-0.15, -0.1) is 0 Å². The van der Waals surface area contributed by atoms with Crippen molar-refractivity contribution in [2.24, 2.45) is 0 Å². The molecule has 0 bridgehead atoms. The van der Waals surface area contributed by atoms with Gasteiger partial charge in [0, 0.05) is 25.7 Å². The molecule has 0 aromatic carbocycles. The van der Waals surface area contributed by atoms with Crippen molar-refractivity contribution < 1.29 is 80.2 Å². The Balaban J connectivity index is 5.45. The highest BCUT2D eigenvalue weighted by Gasteiger charge is 2.30. The van der Waals surface area contributed by atoms with Crippen molar-refractivity contribution in [2.75, 3.05) is 39.6 Å². The van der Waals surface area contributed by atoms with Gasteiger partial charge in [0.05, 0.1) is 26.4 Å². The summed E-state index contributed by atoms with van der Waals surface area (Å²) in [6, 6.07) is 0. The fourth-order valence-electron chi connectivity index (χ4n) is 11.5. The minimum Gasteiger partial charge on any atom is -0.462 e. The molecule has 0 heterocycles. The van der Waals surface area contributed by atoms with Crippen LogP contribution in [0.1, 0.15) is 362 Å². The summed E-state index contributed by atoms with van der Waals surface area (Å²) in [6.45, 7) is 4.67. The molecule has 5 atom stereocenters. The number of phosphoric ester groups is 2. The van der Waals surface area contributed by atoms with Crippen molar-refractivity contribution in [1.29, 1.82) is 0 Å². The van der Waals surface area contributed by atoms with E-state index in [1.165, 1.54) is 77.0 Å². The van der Waals surface area contributed by atoms with Crippen molar-refractivity contribution in [2.45, 2.75) is 380 Å². The SMILES string of the molecule is CC/C=C\C/C=C\C/C=C\C/C=C\C/C=C\CCCCCC(=O)OCC(COP(=O)(O)OCC(O)COP(=O)(O)OCC(COC(=O)CCCCCCCC/C=C\C/C=C\C/C=C\CCCCC)OC(=O)CCCCCCC/C=C\CCCCCCCC)OC(=O)CCCCCCCC/C=C\C/C=C\C/C=C\CCCCC. The Kier molecular flexibility index (Phi) is 80.1. The molecule has 17 nitrogen and oxygen atoms in total. The summed E-state index contributed by atoms with van der Waals surface area (Å²) in [4.78, 5) is 73.4. The fourth-order valence-corrected chi connectivity index (χ4v) is 13.1. The lowest BCUT2D eigenvalue weighted by Gasteiger charge is -2.21. The Morgan fingerprint density at radius 3 is 0.750 bits per heavy atom. The quantitative estimate of drug-likeness (QED) is 0.0169. The van der Waals surface area contributed by atoms with Gasteiger partial charge in [-0.25, -0.2) is 9.13 Å². The van der Waals surface area contributed by atoms with Crippen LogP contribution in [0.4, 0.5) is 0 Å². The van der Waals surface area contributed by atoms with E-state index in [-0.39, 0.29) is 25.7 Å². The Bertz CT molecular complexity index is 2690. The molecule has 0 aliphatic heterocycles. The van der Waals surface area contributed by atoms with E-state index in [0.717, 1.165) is 205 Å². The highest BCUT2D eigenvalue weighted by molar-refractivity contribution is 7.47. The number of hydrogen-bond acceptors (Lipinski definition) is 15. The molecule has 642 valence electrons. The van der Waals surface area contributed by atoms with Gasteiger partial charge in [0.1, 0.15) is 19.3 Å². The van der Waals surface area contributed by atoms with E-state index in [1.54, 1.807) is 0 Å². The van der Waals surface area contributed by atoms with Gasteiger partial charge >= 0.3 is 39.5 Å². The lowest BCUT2D eigenvalue weighted by atomic mass is 10.1. The summed E-state index contributed by atoms with van der Waals surface area (Å²) in [5, 5.41) is 10.7. The number of aliphatic hydroxyl groups is 1. The second-order valence-electron chi connectivity index (χ2n) is 29.1. The summed E-state index contributed by atoms with van der Waals surface area (Å²) in [7, 11) is -10.00. The van der Waals surface area contributed by atoms with Gasteiger partial charge < -0.3 is 33.8 Å². The van der Waals surface area contributed by atoms with Gasteiger partial charge in [0.15, 0.2) is 12.2 Å². The molecule has 19 heteroatoms. The fraction of sp³-hybridized carbons (Fsp3) is 0.699. The third-order valence-electron chi connectivity index (χ3n) is 18.3. The molecule has 0 aromatic heterocycles. The van der Waals surface area contributed by atoms with E-state index in [0.29, 0.717) is 25.7 Å². The third-order valence-corrected chi connectivity index (χ3v) is 20.2. The van der Waals surface area contributed by atoms with E-state index < -0.39 is 97.5 Å². The zero-order valence-electron chi connectivity index (χ0n) is 70.6. The molecule has 0 spiro atoms. The van der Waals surface area contributed by atoms with Crippen molar-refractivity contribution in [3.05, 3.63) is 146 Å². The first kappa shape index (κ1) is 107. The molecular formula is C93H158O17P2. The molecule has 3 N–H and O–H groups in total. The normalized spacial score (nSPS) is 14.5. The molecule has 0 rings (SSSR count). The van der Waals surface area contributed by atoms with Crippen LogP contribution in [-0.2, 0) is 65.4 Å². The van der Waals surface area contributed by atoms with Crippen LogP contribution in [0.3, 0.4) is 0 Å². The van der Waals surface area contributed by atoms with Crippen LogP contribution in [0.2, 0.25) is 0 Å². The minimum atomic E-state index is -5.00. The molecule has 0 aliphatic carbocycles. The molecule has 5 unspecified atom stereocenters. The van der Waals surface area contributed by atoms with Crippen molar-refractivity contribution in [1.82, 2.24) is 0 Å². The minimum absolute atomic E-state index is 0.0686. The number of esters is 4. The molecule has 0 amide bonds. The monoisotopic (exact) mass is 1610 g/mol. The smallest absolute Gasteiger partial charge is 0.462 e. The van der Waals surface area contributed by atoms with Crippen LogP contribution < -0.4 is 0 Å². The number of phosphoric acid groups is 2. The highest BCUT2D eigenvalue weighted by Crippen LogP contribution is 2.45. The Labute approximate surface area is 681 Å². The predicted octanol–water partition coefficient (Wildman–Crippen LogP) is 26.6. The molecule has 0 radical (unpaired) electrons. The Morgan fingerprint density at radius 1 is 0.259 bits per heavy atom. The van der Waals surface area contributed by atoms with Crippen LogP contribution in [0.15, 0.2) is 146 Å². The first-order valence-corrected chi connectivity index (χ1v) is 47.1. The number of unbranched alkanes of at least 4 members (excludes halogenated alkanes) is 32. The molecule has 112 heavy (non-hydrogen) atoms. The van der Waals surface area contributed by atoms with Crippen LogP contribution >= 0.6 is 15.6 Å². The van der Waals surface area contributed by atoms with Gasteiger partial charge in [0.25, 0.3) is 0 Å². The maximum atomic E-state index is 13.2. The van der Waals surface area contributed by atoms with Gasteiger partial charge in [-0.1, -0.05) is 308 Å². The Hall–Kier alpha value is -5.06. The molecule has 0 aliphatic rings. The van der Waals surface area contributed by atoms with Gasteiger partial charge in [-0.3, -0.25) is 37.3 Å². The van der Waals surface area contributed by atoms with Crippen LogP contribution in [-0.4, -0.2) is 96.7 Å². The van der Waals surface area contributed by atoms with E-state index in [2.05, 4.69) is 174 Å². The number of aliphatic hydroxyl groups excluding tert-OH is 1. The third kappa shape index (κ3) is 82.9. The van der Waals surface area contributed by atoms with Gasteiger partial charge in [0.2, 0.25) is 0 Å². The van der Waals surface area contributed by atoms with Crippen LogP contribution in [0.25, 0.3) is 0 Å². The predicted molar refractivity (Wildman–Crippen MR) is 464 cm³/mol. The first-order chi connectivity index (χ1) is 54.7. The number of carbonyl (C=O) groups is 4. The molecular weight excluding hydrogens is 1450 g/mol. The van der Waals surface area contributed by atoms with Crippen LogP contribution in [0, 0.1) is 0 Å². The van der Waals surface area contributed by atoms with Crippen molar-refractivity contribution in [3.63, 3.8) is 0 Å². The average Bonchev–Trinajstić information content (AvgIpc) is 0.898. The van der Waals surface area contributed by atoms with E-state index in [1.807, 2.05) is 0 Å². The van der Waals surface area contributed by atoms with Gasteiger partial charge in [-0.05, 0) is 173 Å². The zero-order chi connectivity index (χ0) is 81.7. The number of ether oxygens (including phenoxy) is 4. The standard InChI is InChI=1S/C93H158O17P2/c1-5-9-13-17-21-25-29-33-37-40-43-46-50-53-57-61-65-69-73-77-90(95)103-83-88(109-92(97)79-75-71-67-63-59-55-49-36-32-28-24-20-16-12-8-4)85-107-111(99,100)105-81-87(94)82-106-112(101,102)108-86-89(110-93(98)80-76-72-68-64-60-56-52-48-45-42-39-35-31-27-23-19-15-11-7-3)84-104-91(96)78-74-70-66-62-58-54-51-47-44-41-38-34-30-26-22-18-14-10-6-2/h10,14,21-23,25-27,33-39,43-49,54,58,87-89,94H,5-9,11-13,15-20,24,28-32,40-42,50-53,55-57,59-86H2,1-4H3,(H,99,100)(H,101,102)/b14-10-,25-21-,26-22-,27-23-,37-33-,38-34-,39-35-,46-43-,47-44-,48-45-,49-36-,58-54-. The second kappa shape index (κ2) is 83.9. The van der Waals surface area contributed by atoms with E-state index >= 15 is 0 Å². The van der Waals surface area contributed by atoms with E-state index in [9.17, 15) is 43.2 Å². The molecule has 0 saturated heterocycles. The number of carbonyl (C=O) groups excluding carboxylic acids is 4. The zero-order valence-corrected chi connectivity index (χ0v) is 72.3. The lowest BCUT2D eigenvalue weighted by Crippen LogP contribution is -2.30. The summed E-state index contributed by atoms with van der Waals surface area (Å²) in [5.41, 5.74) is 0. The lowest BCUT2D eigenvalue weighted by molar-refractivity contribution is -0.161. The summed E-state index contributed by atoms with van der Waals surface area (Å²) in [5.74, 6) is -2.24.